The van der Waals surface area contributed by atoms with E-state index in [9.17, 15) is 14.4 Å². The highest BCUT2D eigenvalue weighted by Gasteiger charge is 2.21. The van der Waals surface area contributed by atoms with Gasteiger partial charge in [-0.3, -0.25) is 9.59 Å². The van der Waals surface area contributed by atoms with Gasteiger partial charge in [0.25, 0.3) is 5.91 Å². The summed E-state index contributed by atoms with van der Waals surface area (Å²) < 4.78 is 26.9. The lowest BCUT2D eigenvalue weighted by molar-refractivity contribution is -0.119. The Morgan fingerprint density at radius 2 is 1.84 bits per heavy atom. The van der Waals surface area contributed by atoms with E-state index in [1.807, 2.05) is 6.92 Å². The molecule has 2 aromatic rings. The first-order chi connectivity index (χ1) is 14.8. The number of halogens is 1. The molecule has 0 spiro atoms. The molecule has 1 N–H and O–H groups in total. The number of benzene rings is 2. The molecule has 0 aliphatic carbocycles. The first-order valence-corrected chi connectivity index (χ1v) is 10.0. The molecule has 31 heavy (non-hydrogen) atoms. The standard InChI is InChI=1S/C21H20BrNO8/c1-4-28-20-14(22)5-12(6-18(20)27-3)21(26)29-9-19(25)23-15-8-17-16(30-10-31-17)7-13(15)11(2)24/h5-8H,4,9-10H2,1-3H3,(H,23,25). The fourth-order valence-electron chi connectivity index (χ4n) is 2.86. The van der Waals surface area contributed by atoms with Gasteiger partial charge in [-0.25, -0.2) is 4.79 Å². The number of anilines is 1. The highest BCUT2D eigenvalue weighted by Crippen LogP contribution is 2.38. The minimum absolute atomic E-state index is 0.0306. The zero-order valence-corrected chi connectivity index (χ0v) is 18.7. The van der Waals surface area contributed by atoms with Crippen molar-refractivity contribution in [2.45, 2.75) is 13.8 Å². The molecule has 0 aromatic heterocycles. The van der Waals surface area contributed by atoms with E-state index in [4.69, 9.17) is 23.7 Å². The van der Waals surface area contributed by atoms with Gasteiger partial charge in [-0.1, -0.05) is 0 Å². The highest BCUT2D eigenvalue weighted by atomic mass is 79.9. The van der Waals surface area contributed by atoms with Gasteiger partial charge in [0.05, 0.1) is 29.4 Å². The smallest absolute Gasteiger partial charge is 0.338 e. The Balaban J connectivity index is 1.68. The molecule has 0 fully saturated rings. The monoisotopic (exact) mass is 493 g/mol. The predicted molar refractivity (Wildman–Crippen MR) is 113 cm³/mol. The number of hydrogen-bond acceptors (Lipinski definition) is 8. The van der Waals surface area contributed by atoms with Gasteiger partial charge in [-0.15, -0.1) is 0 Å². The van der Waals surface area contributed by atoms with Crippen molar-refractivity contribution in [3.05, 3.63) is 39.9 Å². The van der Waals surface area contributed by atoms with E-state index < -0.39 is 18.5 Å². The zero-order valence-electron chi connectivity index (χ0n) is 17.1. The normalized spacial score (nSPS) is 11.6. The van der Waals surface area contributed by atoms with Gasteiger partial charge in [-0.2, -0.15) is 0 Å². The van der Waals surface area contributed by atoms with Crippen LogP contribution in [0.4, 0.5) is 5.69 Å². The van der Waals surface area contributed by atoms with Gasteiger partial charge >= 0.3 is 5.97 Å². The first kappa shape index (κ1) is 22.4. The van der Waals surface area contributed by atoms with Crippen LogP contribution < -0.4 is 24.3 Å². The van der Waals surface area contributed by atoms with Crippen LogP contribution >= 0.6 is 15.9 Å². The molecule has 0 radical (unpaired) electrons. The molecule has 1 aliphatic rings. The molecule has 9 nitrogen and oxygen atoms in total. The van der Waals surface area contributed by atoms with Gasteiger partial charge in [0.2, 0.25) is 6.79 Å². The molecule has 1 amide bonds. The SMILES string of the molecule is CCOc1c(Br)cc(C(=O)OCC(=O)Nc2cc3c(cc2C(C)=O)OCO3)cc1OC. The Hall–Kier alpha value is -3.27. The Bertz CT molecular complexity index is 1040. The second-order valence-electron chi connectivity index (χ2n) is 6.35. The number of amides is 1. The fraction of sp³-hybridized carbons (Fsp3) is 0.286. The summed E-state index contributed by atoms with van der Waals surface area (Å²) in [5, 5.41) is 2.56. The maximum absolute atomic E-state index is 12.4. The molecule has 2 aromatic carbocycles. The third kappa shape index (κ3) is 5.08. The summed E-state index contributed by atoms with van der Waals surface area (Å²) >= 11 is 3.33. The second kappa shape index (κ2) is 9.69. The average Bonchev–Trinajstić information content (AvgIpc) is 3.20. The van der Waals surface area contributed by atoms with Crippen molar-refractivity contribution >= 4 is 39.3 Å². The van der Waals surface area contributed by atoms with Crippen LogP contribution in [0.2, 0.25) is 0 Å². The number of ether oxygens (including phenoxy) is 5. The number of rotatable bonds is 8. The molecule has 0 saturated heterocycles. The van der Waals surface area contributed by atoms with Crippen molar-refractivity contribution in [2.75, 3.05) is 32.4 Å². The third-order valence-corrected chi connectivity index (χ3v) is 4.84. The molecule has 1 aliphatic heterocycles. The van der Waals surface area contributed by atoms with Crippen molar-refractivity contribution < 1.29 is 38.1 Å². The van der Waals surface area contributed by atoms with Crippen LogP contribution in [0.25, 0.3) is 0 Å². The van der Waals surface area contributed by atoms with Crippen molar-refractivity contribution in [3.63, 3.8) is 0 Å². The molecule has 164 valence electrons. The van der Waals surface area contributed by atoms with Crippen molar-refractivity contribution in [1.82, 2.24) is 0 Å². The van der Waals surface area contributed by atoms with Crippen LogP contribution in [-0.4, -0.2) is 44.8 Å². The van der Waals surface area contributed by atoms with E-state index in [1.54, 1.807) is 0 Å². The molecule has 0 unspecified atom stereocenters. The van der Waals surface area contributed by atoms with Gasteiger partial charge in [0, 0.05) is 11.6 Å². The fourth-order valence-corrected chi connectivity index (χ4v) is 3.42. The molecule has 0 bridgehead atoms. The number of carbonyl (C=O) groups excluding carboxylic acids is 3. The third-order valence-electron chi connectivity index (χ3n) is 4.25. The Morgan fingerprint density at radius 3 is 2.48 bits per heavy atom. The van der Waals surface area contributed by atoms with Crippen LogP contribution in [0.15, 0.2) is 28.7 Å². The zero-order chi connectivity index (χ0) is 22.5. The minimum Gasteiger partial charge on any atom is -0.493 e. The molecule has 1 heterocycles. The van der Waals surface area contributed by atoms with Crippen molar-refractivity contribution in [3.8, 4) is 23.0 Å². The first-order valence-electron chi connectivity index (χ1n) is 9.25. The van der Waals surface area contributed by atoms with E-state index in [0.29, 0.717) is 34.1 Å². The molecule has 0 atom stereocenters. The summed E-state index contributed by atoms with van der Waals surface area (Å²) in [6, 6.07) is 5.96. The summed E-state index contributed by atoms with van der Waals surface area (Å²) in [6.45, 7) is 3.08. The summed E-state index contributed by atoms with van der Waals surface area (Å²) in [6.07, 6.45) is 0. The number of esters is 1. The number of nitrogens with one attached hydrogen (secondary N) is 1. The minimum atomic E-state index is -0.727. The lowest BCUT2D eigenvalue weighted by Gasteiger charge is -2.13. The number of methoxy groups -OCH3 is 1. The average molecular weight is 494 g/mol. The van der Waals surface area contributed by atoms with Crippen LogP contribution in [0.3, 0.4) is 0 Å². The largest absolute Gasteiger partial charge is 0.493 e. The van der Waals surface area contributed by atoms with Crippen molar-refractivity contribution in [2.24, 2.45) is 0 Å². The topological polar surface area (TPSA) is 109 Å². The molecular formula is C21H20BrNO8. The maximum Gasteiger partial charge on any atom is 0.338 e. The van der Waals surface area contributed by atoms with E-state index in [2.05, 4.69) is 21.2 Å². The Kier molecular flexibility index (Phi) is 7.01. The number of carbonyl (C=O) groups is 3. The Labute approximate surface area is 186 Å². The summed E-state index contributed by atoms with van der Waals surface area (Å²) in [7, 11) is 1.45. The summed E-state index contributed by atoms with van der Waals surface area (Å²) in [5.74, 6) is 0.0181. The number of hydrogen-bond donors (Lipinski definition) is 1. The lowest BCUT2D eigenvalue weighted by Crippen LogP contribution is -2.22. The van der Waals surface area contributed by atoms with E-state index in [0.717, 1.165) is 0 Å². The number of ketones is 1. The predicted octanol–water partition coefficient (Wildman–Crippen LogP) is 3.58. The molecule has 3 rings (SSSR count). The van der Waals surface area contributed by atoms with Gasteiger partial charge in [0.1, 0.15) is 0 Å². The number of fused-ring (bicyclic) bond motifs is 1. The van der Waals surface area contributed by atoms with Crippen LogP contribution in [0, 0.1) is 0 Å². The van der Waals surface area contributed by atoms with Gasteiger partial charge in [0.15, 0.2) is 35.4 Å². The highest BCUT2D eigenvalue weighted by molar-refractivity contribution is 9.10. The number of Topliss-reactive ketones (excluding diaryl/α,β-unsaturated/α-hetero) is 1. The molecule has 10 heteroatoms. The van der Waals surface area contributed by atoms with Crippen LogP contribution in [0.1, 0.15) is 34.6 Å². The maximum atomic E-state index is 12.4. The van der Waals surface area contributed by atoms with E-state index in [-0.39, 0.29) is 29.4 Å². The second-order valence-corrected chi connectivity index (χ2v) is 7.21. The summed E-state index contributed by atoms with van der Waals surface area (Å²) in [4.78, 5) is 36.6. The van der Waals surface area contributed by atoms with Crippen LogP contribution in [-0.2, 0) is 9.53 Å². The summed E-state index contributed by atoms with van der Waals surface area (Å²) in [5.41, 5.74) is 0.667. The van der Waals surface area contributed by atoms with Gasteiger partial charge < -0.3 is 29.0 Å². The quantitative estimate of drug-likeness (QED) is 0.438. The van der Waals surface area contributed by atoms with E-state index in [1.165, 1.54) is 38.3 Å². The van der Waals surface area contributed by atoms with Crippen molar-refractivity contribution in [1.29, 1.82) is 0 Å². The van der Waals surface area contributed by atoms with E-state index >= 15 is 0 Å². The van der Waals surface area contributed by atoms with Gasteiger partial charge in [-0.05, 0) is 48.0 Å². The Morgan fingerprint density at radius 1 is 1.13 bits per heavy atom. The lowest BCUT2D eigenvalue weighted by atomic mass is 10.1. The molecular weight excluding hydrogens is 474 g/mol. The van der Waals surface area contributed by atoms with Crippen LogP contribution in [0.5, 0.6) is 23.0 Å². The molecule has 0 saturated carbocycles.